The Kier molecular flexibility index (Phi) is 5.45. The van der Waals surface area contributed by atoms with Gasteiger partial charge in [-0.25, -0.2) is 0 Å². The topological polar surface area (TPSA) is 86.9 Å². The maximum Gasteiger partial charge on any atom is 0.312 e. The number of piperidine rings is 1. The first-order chi connectivity index (χ1) is 11.5. The Morgan fingerprint density at radius 2 is 1.79 bits per heavy atom. The van der Waals surface area contributed by atoms with Crippen molar-refractivity contribution >= 4 is 11.8 Å². The van der Waals surface area contributed by atoms with E-state index in [1.807, 2.05) is 0 Å². The summed E-state index contributed by atoms with van der Waals surface area (Å²) in [7, 11) is 0. The van der Waals surface area contributed by atoms with Crippen LogP contribution < -0.4 is 5.73 Å². The molecule has 1 aliphatic carbocycles. The molecule has 24 heavy (non-hydrogen) atoms. The molecule has 2 amide bonds. The van der Waals surface area contributed by atoms with Crippen molar-refractivity contribution in [2.24, 2.45) is 17.6 Å². The number of likely N-dealkylation sites (tertiary alicyclic amines) is 2. The number of hydrogen-bond acceptors (Lipinski definition) is 4. The van der Waals surface area contributed by atoms with Gasteiger partial charge in [-0.2, -0.15) is 0 Å². The van der Waals surface area contributed by atoms with E-state index >= 15 is 0 Å². The first-order valence-corrected chi connectivity index (χ1v) is 9.51. The summed E-state index contributed by atoms with van der Waals surface area (Å²) in [5, 5.41) is 10.4. The number of carbonyl (C=O) groups is 2. The number of amides is 2. The van der Waals surface area contributed by atoms with Gasteiger partial charge < -0.3 is 20.6 Å². The molecule has 3 aliphatic rings. The van der Waals surface area contributed by atoms with Gasteiger partial charge in [0.25, 0.3) is 0 Å². The Balaban J connectivity index is 1.68. The van der Waals surface area contributed by atoms with Crippen LogP contribution in [0.15, 0.2) is 0 Å². The molecule has 0 radical (unpaired) electrons. The number of hydrogen-bond donors (Lipinski definition) is 2. The molecule has 0 aromatic rings. The first kappa shape index (κ1) is 17.7. The van der Waals surface area contributed by atoms with Gasteiger partial charge in [0.05, 0.1) is 6.10 Å². The van der Waals surface area contributed by atoms with Crippen molar-refractivity contribution < 1.29 is 14.7 Å². The molecule has 0 spiro atoms. The zero-order valence-corrected chi connectivity index (χ0v) is 14.7. The van der Waals surface area contributed by atoms with Crippen molar-refractivity contribution in [2.75, 3.05) is 19.6 Å². The number of aliphatic hydroxyl groups excluding tert-OH is 1. The highest BCUT2D eigenvalue weighted by Crippen LogP contribution is 2.37. The van der Waals surface area contributed by atoms with Crippen molar-refractivity contribution in [3.8, 4) is 0 Å². The molecule has 2 aliphatic heterocycles. The monoisotopic (exact) mass is 337 g/mol. The van der Waals surface area contributed by atoms with Crippen LogP contribution in [0.5, 0.6) is 0 Å². The third-order valence-electron chi connectivity index (χ3n) is 6.11. The maximum absolute atomic E-state index is 12.8. The Bertz CT molecular complexity index is 484. The van der Waals surface area contributed by atoms with Crippen LogP contribution in [0.4, 0.5) is 0 Å². The SMILES string of the molecule is CC1CCC(O)C(C2CCCN2C(=O)C(=O)N2CCC[C@H](N)C2)C1. The molecule has 3 N–H and O–H groups in total. The lowest BCUT2D eigenvalue weighted by molar-refractivity contribution is -0.154. The smallest absolute Gasteiger partial charge is 0.312 e. The molecular weight excluding hydrogens is 306 g/mol. The summed E-state index contributed by atoms with van der Waals surface area (Å²) < 4.78 is 0. The fourth-order valence-corrected chi connectivity index (χ4v) is 4.76. The largest absolute Gasteiger partial charge is 0.393 e. The van der Waals surface area contributed by atoms with Crippen LogP contribution in [0.3, 0.4) is 0 Å². The number of nitrogens with zero attached hydrogens (tertiary/aromatic N) is 2. The third-order valence-corrected chi connectivity index (χ3v) is 6.11. The maximum atomic E-state index is 12.8. The summed E-state index contributed by atoms with van der Waals surface area (Å²) in [5.41, 5.74) is 5.94. The van der Waals surface area contributed by atoms with Crippen molar-refractivity contribution in [3.05, 3.63) is 0 Å². The molecule has 6 nitrogen and oxygen atoms in total. The second kappa shape index (κ2) is 7.40. The normalized spacial score (nSPS) is 37.5. The standard InChI is InChI=1S/C18H31N3O3/c1-12-6-7-16(22)14(10-12)15-5-3-9-21(15)18(24)17(23)20-8-2-4-13(19)11-20/h12-16,22H,2-11,19H2,1H3/t12?,13-,14?,15?,16?/m0/s1. The van der Waals surface area contributed by atoms with Gasteiger partial charge in [0, 0.05) is 37.6 Å². The van der Waals surface area contributed by atoms with Crippen LogP contribution in [-0.4, -0.2) is 64.5 Å². The number of rotatable bonds is 1. The second-order valence-electron chi connectivity index (χ2n) is 8.01. The van der Waals surface area contributed by atoms with Gasteiger partial charge in [-0.3, -0.25) is 9.59 Å². The van der Waals surface area contributed by atoms with Crippen LogP contribution >= 0.6 is 0 Å². The van der Waals surface area contributed by atoms with Crippen LogP contribution in [0, 0.1) is 11.8 Å². The highest BCUT2D eigenvalue weighted by Gasteiger charge is 2.42. The third kappa shape index (κ3) is 3.59. The van der Waals surface area contributed by atoms with Gasteiger partial charge in [-0.15, -0.1) is 0 Å². The highest BCUT2D eigenvalue weighted by molar-refractivity contribution is 6.35. The van der Waals surface area contributed by atoms with E-state index < -0.39 is 11.8 Å². The molecule has 1 saturated carbocycles. The number of carbonyl (C=O) groups excluding carboxylic acids is 2. The second-order valence-corrected chi connectivity index (χ2v) is 8.01. The molecular formula is C18H31N3O3. The molecule has 5 atom stereocenters. The summed E-state index contributed by atoms with van der Waals surface area (Å²) in [6, 6.07) is -0.0106. The zero-order valence-electron chi connectivity index (χ0n) is 14.7. The van der Waals surface area contributed by atoms with Gasteiger partial charge in [0.1, 0.15) is 0 Å². The fraction of sp³-hybridized carbons (Fsp3) is 0.889. The minimum absolute atomic E-state index is 0.0117. The molecule has 0 aromatic heterocycles. The van der Waals surface area contributed by atoms with E-state index in [2.05, 4.69) is 6.92 Å². The van der Waals surface area contributed by atoms with Gasteiger partial charge in [0.2, 0.25) is 0 Å². The summed E-state index contributed by atoms with van der Waals surface area (Å²) >= 11 is 0. The van der Waals surface area contributed by atoms with Crippen molar-refractivity contribution in [1.82, 2.24) is 9.80 Å². The lowest BCUT2D eigenvalue weighted by Gasteiger charge is -2.40. The van der Waals surface area contributed by atoms with Gasteiger partial charge in [0.15, 0.2) is 0 Å². The van der Waals surface area contributed by atoms with Crippen LogP contribution in [0.2, 0.25) is 0 Å². The first-order valence-electron chi connectivity index (χ1n) is 9.51. The van der Waals surface area contributed by atoms with Gasteiger partial charge in [-0.1, -0.05) is 6.92 Å². The van der Waals surface area contributed by atoms with Crippen LogP contribution in [0.1, 0.15) is 51.9 Å². The minimum atomic E-state index is -0.407. The van der Waals surface area contributed by atoms with E-state index in [1.165, 1.54) is 0 Å². The summed E-state index contributed by atoms with van der Waals surface area (Å²) in [6.45, 7) is 3.94. The van der Waals surface area contributed by atoms with Crippen molar-refractivity contribution in [1.29, 1.82) is 0 Å². The molecule has 6 heteroatoms. The predicted molar refractivity (Wildman–Crippen MR) is 91.0 cm³/mol. The van der Waals surface area contributed by atoms with E-state index in [1.54, 1.807) is 9.80 Å². The predicted octanol–water partition coefficient (Wildman–Crippen LogP) is 0.724. The average Bonchev–Trinajstić information content (AvgIpc) is 3.05. The molecule has 4 unspecified atom stereocenters. The zero-order chi connectivity index (χ0) is 17.3. The highest BCUT2D eigenvalue weighted by atomic mass is 16.3. The van der Waals surface area contributed by atoms with Crippen LogP contribution in [0.25, 0.3) is 0 Å². The van der Waals surface area contributed by atoms with Gasteiger partial charge in [-0.05, 0) is 50.9 Å². The Morgan fingerprint density at radius 3 is 2.54 bits per heavy atom. The molecule has 2 saturated heterocycles. The van der Waals surface area contributed by atoms with E-state index in [0.29, 0.717) is 25.6 Å². The van der Waals surface area contributed by atoms with E-state index in [4.69, 9.17) is 5.73 Å². The van der Waals surface area contributed by atoms with Crippen molar-refractivity contribution in [3.63, 3.8) is 0 Å². The van der Waals surface area contributed by atoms with Crippen molar-refractivity contribution in [2.45, 2.75) is 70.1 Å². The van der Waals surface area contributed by atoms with E-state index in [-0.39, 0.29) is 24.1 Å². The molecule has 0 bridgehead atoms. The van der Waals surface area contributed by atoms with Gasteiger partial charge >= 0.3 is 11.8 Å². The molecule has 3 fully saturated rings. The lowest BCUT2D eigenvalue weighted by Crippen LogP contribution is -2.54. The lowest BCUT2D eigenvalue weighted by atomic mass is 9.76. The Morgan fingerprint density at radius 1 is 1.04 bits per heavy atom. The summed E-state index contributed by atoms with van der Waals surface area (Å²) in [4.78, 5) is 28.8. The molecule has 2 heterocycles. The molecule has 3 rings (SSSR count). The average molecular weight is 337 g/mol. The molecule has 136 valence electrons. The quantitative estimate of drug-likeness (QED) is 0.691. The summed E-state index contributed by atoms with van der Waals surface area (Å²) in [6.07, 6.45) is 6.03. The van der Waals surface area contributed by atoms with E-state index in [0.717, 1.165) is 44.9 Å². The van der Waals surface area contributed by atoms with E-state index in [9.17, 15) is 14.7 Å². The van der Waals surface area contributed by atoms with Crippen LogP contribution in [-0.2, 0) is 9.59 Å². The number of aliphatic hydroxyl groups is 1. The fourth-order valence-electron chi connectivity index (χ4n) is 4.76. The summed E-state index contributed by atoms with van der Waals surface area (Å²) in [5.74, 6) is -0.115. The Hall–Kier alpha value is -1.14. The molecule has 0 aromatic carbocycles. The number of nitrogens with two attached hydrogens (primary N) is 1. The minimum Gasteiger partial charge on any atom is -0.393 e. The Labute approximate surface area is 144 Å².